The Bertz CT molecular complexity index is 942. The van der Waals surface area contributed by atoms with E-state index in [4.69, 9.17) is 4.74 Å². The van der Waals surface area contributed by atoms with Gasteiger partial charge < -0.3 is 10.1 Å². The van der Waals surface area contributed by atoms with Crippen molar-refractivity contribution < 1.29 is 14.5 Å². The topological polar surface area (TPSA) is 93.5 Å². The molecule has 2 N–H and O–H groups in total. The van der Waals surface area contributed by atoms with E-state index in [1.807, 2.05) is 25.1 Å². The molecular weight excluding hydrogens is 450 g/mol. The van der Waals surface area contributed by atoms with Crippen molar-refractivity contribution in [2.75, 3.05) is 12.4 Å². The third-order valence-corrected chi connectivity index (χ3v) is 6.45. The molecule has 0 atom stereocenters. The molecule has 0 bridgehead atoms. The summed E-state index contributed by atoms with van der Waals surface area (Å²) in [5.74, 6) is 0.588. The van der Waals surface area contributed by atoms with E-state index in [-0.39, 0.29) is 18.1 Å². The molecule has 160 valence electrons. The number of nitro groups is 1. The number of amides is 1. The number of ether oxygens (including phenoxy) is 1. The summed E-state index contributed by atoms with van der Waals surface area (Å²) in [7, 11) is 1.60. The van der Waals surface area contributed by atoms with E-state index >= 15 is 0 Å². The number of carbonyl (C=O) groups is 1. The van der Waals surface area contributed by atoms with Crippen molar-refractivity contribution >= 4 is 33.2 Å². The van der Waals surface area contributed by atoms with Crippen LogP contribution >= 0.6 is 15.9 Å². The largest absolute Gasteiger partial charge is 0.496 e. The normalized spacial score (nSPS) is 15.4. The van der Waals surface area contributed by atoms with Crippen molar-refractivity contribution in [1.29, 1.82) is 0 Å². The fourth-order valence-corrected chi connectivity index (χ4v) is 4.43. The van der Waals surface area contributed by atoms with E-state index in [2.05, 4.69) is 26.6 Å². The first kappa shape index (κ1) is 22.2. The van der Waals surface area contributed by atoms with Gasteiger partial charge in [-0.3, -0.25) is 20.2 Å². The first-order valence-electron chi connectivity index (χ1n) is 9.99. The van der Waals surface area contributed by atoms with Crippen LogP contribution in [0.2, 0.25) is 0 Å². The molecule has 1 saturated carbocycles. The average Bonchev–Trinajstić information content (AvgIpc) is 2.74. The van der Waals surface area contributed by atoms with Gasteiger partial charge in [0.1, 0.15) is 5.75 Å². The fourth-order valence-electron chi connectivity index (χ4n) is 3.94. The summed E-state index contributed by atoms with van der Waals surface area (Å²) in [6, 6.07) is 10.5. The molecule has 1 aliphatic carbocycles. The van der Waals surface area contributed by atoms with E-state index < -0.39 is 10.5 Å². The number of benzene rings is 2. The number of anilines is 1. The van der Waals surface area contributed by atoms with Gasteiger partial charge in [-0.05, 0) is 37.5 Å². The summed E-state index contributed by atoms with van der Waals surface area (Å²) in [4.78, 5) is 24.4. The van der Waals surface area contributed by atoms with Gasteiger partial charge in [0.05, 0.1) is 23.1 Å². The Kier molecular flexibility index (Phi) is 7.10. The van der Waals surface area contributed by atoms with E-state index in [1.165, 1.54) is 6.07 Å². The van der Waals surface area contributed by atoms with E-state index in [0.29, 0.717) is 34.3 Å². The van der Waals surface area contributed by atoms with Gasteiger partial charge in [0.25, 0.3) is 5.69 Å². The number of nitrogens with one attached hydrogen (secondary N) is 2. The smallest absolute Gasteiger partial charge is 0.275 e. The van der Waals surface area contributed by atoms with Gasteiger partial charge in [0, 0.05) is 28.8 Å². The van der Waals surface area contributed by atoms with Crippen LogP contribution in [0.4, 0.5) is 11.4 Å². The predicted octanol–water partition coefficient (Wildman–Crippen LogP) is 5.11. The van der Waals surface area contributed by atoms with Gasteiger partial charge in [0.2, 0.25) is 5.91 Å². The van der Waals surface area contributed by atoms with E-state index in [9.17, 15) is 14.9 Å². The summed E-state index contributed by atoms with van der Waals surface area (Å²) in [6.07, 6.45) is 4.29. The van der Waals surface area contributed by atoms with Crippen LogP contribution in [0.25, 0.3) is 0 Å². The van der Waals surface area contributed by atoms with Gasteiger partial charge >= 0.3 is 0 Å². The lowest BCUT2D eigenvalue weighted by Gasteiger charge is -2.37. The van der Waals surface area contributed by atoms with Crippen LogP contribution in [0.5, 0.6) is 5.75 Å². The second-order valence-corrected chi connectivity index (χ2v) is 8.48. The molecule has 1 aliphatic rings. The Morgan fingerprint density at radius 1 is 1.23 bits per heavy atom. The number of hydrogen-bond donors (Lipinski definition) is 2. The zero-order valence-electron chi connectivity index (χ0n) is 17.2. The molecular formula is C22H26BrN3O4. The number of methoxy groups -OCH3 is 1. The first-order valence-corrected chi connectivity index (χ1v) is 10.8. The maximum atomic E-state index is 13.3. The molecule has 7 nitrogen and oxygen atoms in total. The Balaban J connectivity index is 1.83. The summed E-state index contributed by atoms with van der Waals surface area (Å²) >= 11 is 3.41. The zero-order valence-corrected chi connectivity index (χ0v) is 18.8. The molecule has 0 radical (unpaired) electrons. The maximum Gasteiger partial charge on any atom is 0.275 e. The second-order valence-electron chi connectivity index (χ2n) is 7.63. The average molecular weight is 476 g/mol. The lowest BCUT2D eigenvalue weighted by molar-refractivity contribution is -0.385. The van der Waals surface area contributed by atoms with Gasteiger partial charge in [-0.2, -0.15) is 0 Å². The first-order chi connectivity index (χ1) is 14.4. The van der Waals surface area contributed by atoms with Crippen molar-refractivity contribution in [2.24, 2.45) is 0 Å². The van der Waals surface area contributed by atoms with Gasteiger partial charge in [-0.1, -0.05) is 47.3 Å². The lowest BCUT2D eigenvalue weighted by atomic mass is 9.80. The van der Waals surface area contributed by atoms with Crippen LogP contribution in [0.1, 0.15) is 43.2 Å². The summed E-state index contributed by atoms with van der Waals surface area (Å²) in [5, 5.41) is 17.8. The van der Waals surface area contributed by atoms with Crippen LogP contribution in [0.3, 0.4) is 0 Å². The number of hydrogen-bond acceptors (Lipinski definition) is 5. The molecule has 0 unspecified atom stereocenters. The van der Waals surface area contributed by atoms with Crippen LogP contribution < -0.4 is 15.4 Å². The Hall–Kier alpha value is -2.45. The van der Waals surface area contributed by atoms with Gasteiger partial charge in [0.15, 0.2) is 0 Å². The number of halogens is 1. The van der Waals surface area contributed by atoms with Gasteiger partial charge in [-0.15, -0.1) is 0 Å². The molecule has 1 amide bonds. The molecule has 0 aliphatic heterocycles. The van der Waals surface area contributed by atoms with Crippen molar-refractivity contribution in [3.63, 3.8) is 0 Å². The zero-order chi connectivity index (χ0) is 21.7. The van der Waals surface area contributed by atoms with Crippen LogP contribution in [0.15, 0.2) is 40.9 Å². The molecule has 0 saturated heterocycles. The molecule has 0 spiro atoms. The van der Waals surface area contributed by atoms with Crippen LogP contribution in [0, 0.1) is 17.0 Å². The third kappa shape index (κ3) is 4.82. The number of nitrogens with zero attached hydrogens (tertiary/aromatic N) is 1. The standard InChI is InChI=1S/C22H26BrN3O4/c1-15-9-10-16(13-20(15)30-2)25-21(27)22(11-4-3-5-12-22)24-14-17-18(23)7-6-8-19(17)26(28)29/h6-10,13,24H,3-5,11-12,14H2,1-2H3,(H,25,27). The summed E-state index contributed by atoms with van der Waals surface area (Å²) in [6.45, 7) is 2.17. The monoisotopic (exact) mass is 475 g/mol. The van der Waals surface area contributed by atoms with Crippen molar-refractivity contribution in [1.82, 2.24) is 5.32 Å². The number of carbonyl (C=O) groups excluding carboxylic acids is 1. The lowest BCUT2D eigenvalue weighted by Crippen LogP contribution is -2.55. The van der Waals surface area contributed by atoms with Crippen molar-refractivity contribution in [2.45, 2.75) is 51.1 Å². The van der Waals surface area contributed by atoms with Crippen molar-refractivity contribution in [3.8, 4) is 5.75 Å². The Labute approximate surface area is 184 Å². The minimum Gasteiger partial charge on any atom is -0.496 e. The molecule has 30 heavy (non-hydrogen) atoms. The highest BCUT2D eigenvalue weighted by molar-refractivity contribution is 9.10. The van der Waals surface area contributed by atoms with Crippen molar-refractivity contribution in [3.05, 3.63) is 62.1 Å². The minimum atomic E-state index is -0.778. The minimum absolute atomic E-state index is 0.0338. The van der Waals surface area contributed by atoms with Gasteiger partial charge in [-0.25, -0.2) is 0 Å². The highest BCUT2D eigenvalue weighted by Crippen LogP contribution is 2.33. The Morgan fingerprint density at radius 3 is 2.63 bits per heavy atom. The highest BCUT2D eigenvalue weighted by atomic mass is 79.9. The molecule has 0 aromatic heterocycles. The summed E-state index contributed by atoms with van der Waals surface area (Å²) < 4.78 is 6.01. The fraction of sp³-hybridized carbons (Fsp3) is 0.409. The van der Waals surface area contributed by atoms with E-state index in [1.54, 1.807) is 19.2 Å². The molecule has 2 aromatic rings. The van der Waals surface area contributed by atoms with Crippen LogP contribution in [-0.4, -0.2) is 23.5 Å². The third-order valence-electron chi connectivity index (χ3n) is 5.70. The number of aryl methyl sites for hydroxylation is 1. The summed E-state index contributed by atoms with van der Waals surface area (Å²) in [5.41, 5.74) is 1.45. The van der Waals surface area contributed by atoms with Crippen LogP contribution in [-0.2, 0) is 11.3 Å². The molecule has 0 heterocycles. The number of rotatable bonds is 7. The van der Waals surface area contributed by atoms with E-state index in [0.717, 1.165) is 24.8 Å². The second kappa shape index (κ2) is 9.57. The molecule has 1 fully saturated rings. The maximum absolute atomic E-state index is 13.3. The molecule has 8 heteroatoms. The molecule has 3 rings (SSSR count). The molecule has 2 aromatic carbocycles. The highest BCUT2D eigenvalue weighted by Gasteiger charge is 2.39. The quantitative estimate of drug-likeness (QED) is 0.428. The SMILES string of the molecule is COc1cc(NC(=O)C2(NCc3c(Br)cccc3[N+](=O)[O-])CCCCC2)ccc1C. The Morgan fingerprint density at radius 2 is 1.97 bits per heavy atom. The predicted molar refractivity (Wildman–Crippen MR) is 120 cm³/mol. The number of nitro benzene ring substituents is 1.